The van der Waals surface area contributed by atoms with Crippen LogP contribution in [0.3, 0.4) is 0 Å². The number of aliphatic carboxylic acids is 1. The number of alkyl halides is 2. The van der Waals surface area contributed by atoms with Crippen LogP contribution in [0, 0.1) is 11.7 Å². The summed E-state index contributed by atoms with van der Waals surface area (Å²) in [6.45, 7) is 2.39. The third-order valence-corrected chi connectivity index (χ3v) is 8.61. The maximum Gasteiger partial charge on any atom is 0.325 e. The first-order chi connectivity index (χ1) is 19.8. The van der Waals surface area contributed by atoms with Crippen molar-refractivity contribution in [2.45, 2.75) is 82.5 Å². The fraction of sp³-hybridized carbons (Fsp3) is 0.613. The minimum Gasteiger partial charge on any atom is -0.480 e. The Balaban J connectivity index is 1.17. The van der Waals surface area contributed by atoms with Crippen molar-refractivity contribution in [3.63, 3.8) is 0 Å². The van der Waals surface area contributed by atoms with Gasteiger partial charge in [0.15, 0.2) is 0 Å². The first-order valence-corrected chi connectivity index (χ1v) is 14.8. The Bertz CT molecular complexity index is 1190. The zero-order chi connectivity index (χ0) is 28.8. The molecule has 1 aromatic heterocycles. The average molecular weight is 576 g/mol. The van der Waals surface area contributed by atoms with Gasteiger partial charge in [-0.1, -0.05) is 12.1 Å². The van der Waals surface area contributed by atoms with Crippen LogP contribution in [0.1, 0.15) is 73.4 Å². The normalized spacial score (nSPS) is 20.9. The summed E-state index contributed by atoms with van der Waals surface area (Å²) < 4.78 is 56.2. The van der Waals surface area contributed by atoms with Crippen molar-refractivity contribution >= 4 is 11.8 Å². The van der Waals surface area contributed by atoms with Gasteiger partial charge in [0.25, 0.3) is 5.92 Å². The molecule has 5 rings (SSSR count). The molecule has 0 saturated carbocycles. The average Bonchev–Trinajstić information content (AvgIpc) is 3.46. The van der Waals surface area contributed by atoms with Gasteiger partial charge in [0, 0.05) is 44.3 Å². The first-order valence-electron chi connectivity index (χ1n) is 14.8. The lowest BCUT2D eigenvalue weighted by molar-refractivity contribution is -0.143. The zero-order valence-corrected chi connectivity index (χ0v) is 23.4. The lowest BCUT2D eigenvalue weighted by atomic mass is 9.94. The quantitative estimate of drug-likeness (QED) is 0.311. The van der Waals surface area contributed by atoms with Crippen LogP contribution in [0.5, 0.6) is 0 Å². The highest BCUT2D eigenvalue weighted by atomic mass is 19.3. The molecule has 0 amide bonds. The number of ether oxygens (including phenoxy) is 2. The van der Waals surface area contributed by atoms with E-state index >= 15 is 8.78 Å². The smallest absolute Gasteiger partial charge is 0.325 e. The Morgan fingerprint density at radius 1 is 1.20 bits per heavy atom. The van der Waals surface area contributed by atoms with Crippen molar-refractivity contribution in [3.05, 3.63) is 58.5 Å². The Morgan fingerprint density at radius 3 is 2.83 bits per heavy atom. The van der Waals surface area contributed by atoms with Crippen molar-refractivity contribution < 1.29 is 32.5 Å². The lowest BCUT2D eigenvalue weighted by Crippen LogP contribution is -2.36. The molecule has 0 bridgehead atoms. The molecular formula is C31H40F3N3O4. The fourth-order valence-electron chi connectivity index (χ4n) is 6.23. The van der Waals surface area contributed by atoms with Gasteiger partial charge in [0.1, 0.15) is 17.7 Å². The second kappa shape index (κ2) is 13.5. The molecule has 2 atom stereocenters. The number of nitrogens with one attached hydrogen (secondary N) is 1. The number of carboxylic acid groups (broad SMARTS) is 1. The van der Waals surface area contributed by atoms with Crippen LogP contribution >= 0.6 is 0 Å². The number of carbonyl (C=O) groups is 1. The number of aromatic nitrogens is 1. The molecule has 0 unspecified atom stereocenters. The minimum absolute atomic E-state index is 0.0144. The summed E-state index contributed by atoms with van der Waals surface area (Å²) in [6, 6.07) is 6.86. The summed E-state index contributed by atoms with van der Waals surface area (Å²) in [6.07, 6.45) is 5.10. The van der Waals surface area contributed by atoms with Crippen LogP contribution in [-0.4, -0.2) is 65.8 Å². The summed E-state index contributed by atoms with van der Waals surface area (Å²) in [5.41, 5.74) is 2.94. The van der Waals surface area contributed by atoms with Gasteiger partial charge in [-0.15, -0.1) is 0 Å². The van der Waals surface area contributed by atoms with E-state index in [4.69, 9.17) is 9.47 Å². The molecule has 7 nitrogen and oxygen atoms in total. The maximum absolute atomic E-state index is 15.3. The summed E-state index contributed by atoms with van der Waals surface area (Å²) >= 11 is 0. The third kappa shape index (κ3) is 7.59. The zero-order valence-electron chi connectivity index (χ0n) is 23.4. The molecule has 41 heavy (non-hydrogen) atoms. The number of anilines is 1. The predicted molar refractivity (Wildman–Crippen MR) is 149 cm³/mol. The van der Waals surface area contributed by atoms with Gasteiger partial charge in [-0.2, -0.15) is 0 Å². The molecule has 2 saturated heterocycles. The van der Waals surface area contributed by atoms with Crippen molar-refractivity contribution in [2.75, 3.05) is 38.2 Å². The topological polar surface area (TPSA) is 83.9 Å². The van der Waals surface area contributed by atoms with Gasteiger partial charge in [-0.3, -0.25) is 9.69 Å². The highest BCUT2D eigenvalue weighted by molar-refractivity contribution is 5.76. The van der Waals surface area contributed by atoms with Gasteiger partial charge < -0.3 is 19.9 Å². The Labute approximate surface area is 239 Å². The molecule has 0 aliphatic carbocycles. The number of carboxylic acids is 1. The number of halogens is 3. The standard InChI is InChI=1S/C31H40F3N3O4/c32-24-8-6-22(20-41-26-11-16-40-17-12-26)27(18-24)28(30(38)39)37-15-10-23(19-37)31(33,34)13-2-1-5-25-9-7-21-4-3-14-35-29(21)36-25/h6-9,18,23,26,28H,1-5,10-17,19-20H2,(H,35,36)(H,38,39)/t23-,28+/m1/s1. The van der Waals surface area contributed by atoms with E-state index in [1.165, 1.54) is 23.8 Å². The van der Waals surface area contributed by atoms with Gasteiger partial charge in [0.2, 0.25) is 0 Å². The number of fused-ring (bicyclic) bond motifs is 1. The van der Waals surface area contributed by atoms with E-state index in [1.807, 2.05) is 6.07 Å². The van der Waals surface area contributed by atoms with Crippen LogP contribution in [0.25, 0.3) is 0 Å². The number of benzene rings is 1. The Morgan fingerprint density at radius 2 is 2.02 bits per heavy atom. The van der Waals surface area contributed by atoms with E-state index in [2.05, 4.69) is 16.4 Å². The molecule has 1 aromatic carbocycles. The highest BCUT2D eigenvalue weighted by Crippen LogP contribution is 2.40. The van der Waals surface area contributed by atoms with Crippen LogP contribution in [0.2, 0.25) is 0 Å². The molecule has 4 heterocycles. The molecule has 224 valence electrons. The number of unbranched alkanes of at least 4 members (excludes halogenated alkanes) is 1. The summed E-state index contributed by atoms with van der Waals surface area (Å²) in [5.74, 6) is -4.70. The van der Waals surface area contributed by atoms with E-state index in [1.54, 1.807) is 4.90 Å². The van der Waals surface area contributed by atoms with Gasteiger partial charge >= 0.3 is 5.97 Å². The summed E-state index contributed by atoms with van der Waals surface area (Å²) in [7, 11) is 0. The number of hydrogen-bond donors (Lipinski definition) is 2. The number of aryl methyl sites for hydroxylation is 2. The number of hydrogen-bond acceptors (Lipinski definition) is 6. The van der Waals surface area contributed by atoms with E-state index < -0.39 is 29.7 Å². The van der Waals surface area contributed by atoms with Gasteiger partial charge in [0.05, 0.1) is 12.7 Å². The molecule has 0 spiro atoms. The number of nitrogens with zero attached hydrogens (tertiary/aromatic N) is 2. The molecule has 3 aliphatic heterocycles. The maximum atomic E-state index is 15.3. The van der Waals surface area contributed by atoms with Crippen molar-refractivity contribution in [1.82, 2.24) is 9.88 Å². The number of likely N-dealkylation sites (tertiary alicyclic amines) is 1. The van der Waals surface area contributed by atoms with Crippen LogP contribution in [-0.2, 0) is 33.7 Å². The summed E-state index contributed by atoms with van der Waals surface area (Å²) in [5, 5.41) is 13.5. The monoisotopic (exact) mass is 575 g/mol. The van der Waals surface area contributed by atoms with Crippen molar-refractivity contribution in [3.8, 4) is 0 Å². The molecule has 3 aliphatic rings. The van der Waals surface area contributed by atoms with Crippen LogP contribution in [0.15, 0.2) is 30.3 Å². The largest absolute Gasteiger partial charge is 0.480 e. The number of pyridine rings is 1. The molecule has 0 radical (unpaired) electrons. The lowest BCUT2D eigenvalue weighted by Gasteiger charge is -2.29. The Kier molecular flexibility index (Phi) is 9.83. The van der Waals surface area contributed by atoms with Gasteiger partial charge in [-0.25, -0.2) is 18.2 Å². The van der Waals surface area contributed by atoms with Crippen molar-refractivity contribution in [2.24, 2.45) is 5.92 Å². The van der Waals surface area contributed by atoms with Crippen LogP contribution < -0.4 is 5.32 Å². The number of rotatable bonds is 12. The SMILES string of the molecule is O=C(O)[C@H](c1cc(F)ccc1COC1CCOCC1)N1CC[C@@H](C(F)(F)CCCCc2ccc3c(n2)NCCC3)C1. The second-order valence-electron chi connectivity index (χ2n) is 11.5. The molecule has 2 aromatic rings. The van der Waals surface area contributed by atoms with E-state index in [-0.39, 0.29) is 44.2 Å². The summed E-state index contributed by atoms with van der Waals surface area (Å²) in [4.78, 5) is 18.6. The van der Waals surface area contributed by atoms with E-state index in [0.29, 0.717) is 38.0 Å². The third-order valence-electron chi connectivity index (χ3n) is 8.61. The highest BCUT2D eigenvalue weighted by Gasteiger charge is 2.45. The predicted octanol–water partition coefficient (Wildman–Crippen LogP) is 5.77. The molecule has 10 heteroatoms. The first kappa shape index (κ1) is 29.8. The van der Waals surface area contributed by atoms with Crippen molar-refractivity contribution in [1.29, 1.82) is 0 Å². The van der Waals surface area contributed by atoms with E-state index in [0.717, 1.165) is 43.7 Å². The molecule has 2 fully saturated rings. The molecular weight excluding hydrogens is 535 g/mol. The molecule has 2 N–H and O–H groups in total. The van der Waals surface area contributed by atoms with Crippen LogP contribution in [0.4, 0.5) is 19.0 Å². The Hall–Kier alpha value is -2.69. The fourth-order valence-corrected chi connectivity index (χ4v) is 6.23. The van der Waals surface area contributed by atoms with Gasteiger partial charge in [-0.05, 0) is 92.8 Å². The van der Waals surface area contributed by atoms with E-state index in [9.17, 15) is 14.3 Å². The minimum atomic E-state index is -2.92. The second-order valence-corrected chi connectivity index (χ2v) is 11.5.